The number of hydrogen-bond acceptors (Lipinski definition) is 7. The van der Waals surface area contributed by atoms with E-state index in [0.717, 1.165) is 10.5 Å². The summed E-state index contributed by atoms with van der Waals surface area (Å²) in [4.78, 5) is 69.0. The smallest absolute Gasteiger partial charge is 0.305 e. The molecule has 10 nitrogen and oxygen atoms in total. The number of ether oxygens (including phenoxy) is 1. The van der Waals surface area contributed by atoms with Crippen LogP contribution in [0, 0.1) is 29.1 Å². The predicted octanol–water partition coefficient (Wildman–Crippen LogP) is 3.50. The van der Waals surface area contributed by atoms with Crippen molar-refractivity contribution in [2.24, 2.45) is 29.1 Å². The number of carboxylic acids is 1. The Kier molecular flexibility index (Phi) is 6.67. The zero-order chi connectivity index (χ0) is 29.9. The molecule has 6 atom stereocenters. The van der Waals surface area contributed by atoms with Crippen LogP contribution in [0.1, 0.15) is 44.6 Å². The van der Waals surface area contributed by atoms with Crippen LogP contribution in [-0.4, -0.2) is 57.9 Å². The Morgan fingerprint density at radius 2 is 1.76 bits per heavy atom. The van der Waals surface area contributed by atoms with E-state index >= 15 is 0 Å². The molecule has 2 aromatic carbocycles. The van der Waals surface area contributed by atoms with Crippen LogP contribution in [0.4, 0.5) is 5.69 Å². The van der Waals surface area contributed by atoms with Crippen LogP contribution in [0.25, 0.3) is 0 Å². The molecule has 2 aliphatic heterocycles. The van der Waals surface area contributed by atoms with Gasteiger partial charge < -0.3 is 14.9 Å². The van der Waals surface area contributed by atoms with E-state index in [-0.39, 0.29) is 49.1 Å². The van der Waals surface area contributed by atoms with Crippen molar-refractivity contribution in [3.05, 3.63) is 65.7 Å². The predicted molar refractivity (Wildman–Crippen MR) is 149 cm³/mol. The first kappa shape index (κ1) is 27.7. The Balaban J connectivity index is 1.49. The summed E-state index contributed by atoms with van der Waals surface area (Å²) in [5, 5.41) is 19.6. The average Bonchev–Trinajstić information content (AvgIpc) is 3.33. The maximum atomic E-state index is 14.4. The number of hydrogen-bond donors (Lipinski definition) is 2. The van der Waals surface area contributed by atoms with Gasteiger partial charge in [0.2, 0.25) is 23.6 Å². The molecule has 2 N–H and O–H groups in total. The molecule has 10 heteroatoms. The zero-order valence-electron chi connectivity index (χ0n) is 23.4. The number of aromatic hydroxyl groups is 1. The number of phenolic OH excluding ortho intramolecular Hbond substituents is 1. The van der Waals surface area contributed by atoms with E-state index in [2.05, 4.69) is 0 Å². The van der Waals surface area contributed by atoms with Crippen molar-refractivity contribution in [3.63, 3.8) is 0 Å². The third-order valence-electron chi connectivity index (χ3n) is 9.55. The summed E-state index contributed by atoms with van der Waals surface area (Å²) in [7, 11) is 0. The van der Waals surface area contributed by atoms with Gasteiger partial charge in [0.05, 0.1) is 41.9 Å². The lowest BCUT2D eigenvalue weighted by atomic mass is 9.51. The van der Waals surface area contributed by atoms with Gasteiger partial charge in [0.25, 0.3) is 0 Å². The molecule has 218 valence electrons. The highest BCUT2D eigenvalue weighted by Crippen LogP contribution is 2.63. The molecule has 4 amide bonds. The number of likely N-dealkylation sites (tertiary alicyclic amines) is 1. The second-order valence-electron chi connectivity index (χ2n) is 11.6. The molecule has 0 spiro atoms. The summed E-state index contributed by atoms with van der Waals surface area (Å²) in [5.74, 6) is -5.78. The quantitative estimate of drug-likeness (QED) is 0.379. The first-order chi connectivity index (χ1) is 20.1. The maximum Gasteiger partial charge on any atom is 0.305 e. The number of phenols is 1. The van der Waals surface area contributed by atoms with Gasteiger partial charge in [0.15, 0.2) is 11.5 Å². The Hall–Kier alpha value is -4.47. The molecular weight excluding hydrogens is 540 g/mol. The van der Waals surface area contributed by atoms with Crippen molar-refractivity contribution in [2.45, 2.75) is 39.0 Å². The number of anilines is 1. The van der Waals surface area contributed by atoms with Crippen LogP contribution in [0.2, 0.25) is 0 Å². The van der Waals surface area contributed by atoms with Gasteiger partial charge in [0, 0.05) is 12.5 Å². The minimum absolute atomic E-state index is 0.0577. The fourth-order valence-corrected chi connectivity index (χ4v) is 7.69. The molecule has 0 bridgehead atoms. The highest BCUT2D eigenvalue weighted by molar-refractivity contribution is 6.24. The van der Waals surface area contributed by atoms with Crippen molar-refractivity contribution in [1.29, 1.82) is 0 Å². The largest absolute Gasteiger partial charge is 0.504 e. The third-order valence-corrected chi connectivity index (χ3v) is 9.55. The topological polar surface area (TPSA) is 142 Å². The lowest BCUT2D eigenvalue weighted by Gasteiger charge is -2.49. The Morgan fingerprint density at radius 3 is 2.45 bits per heavy atom. The summed E-state index contributed by atoms with van der Waals surface area (Å²) >= 11 is 0. The number of allylic oxidation sites excluding steroid dienone is 2. The van der Waals surface area contributed by atoms with E-state index in [9.17, 15) is 34.2 Å². The van der Waals surface area contributed by atoms with Crippen molar-refractivity contribution in [2.75, 3.05) is 18.1 Å². The summed E-state index contributed by atoms with van der Waals surface area (Å²) in [6, 6.07) is 13.6. The van der Waals surface area contributed by atoms with E-state index < -0.39 is 52.8 Å². The number of carbonyl (C=O) groups excluding carboxylic acids is 4. The number of aliphatic carboxylic acids is 1. The minimum atomic E-state index is -1.21. The van der Waals surface area contributed by atoms with E-state index in [1.807, 2.05) is 6.08 Å². The van der Waals surface area contributed by atoms with Gasteiger partial charge in [-0.15, -0.1) is 0 Å². The summed E-state index contributed by atoms with van der Waals surface area (Å²) < 4.78 is 5.66. The number of benzene rings is 2. The van der Waals surface area contributed by atoms with Gasteiger partial charge in [-0.25, -0.2) is 4.90 Å². The fraction of sp³-hybridized carbons (Fsp3) is 0.406. The van der Waals surface area contributed by atoms with Gasteiger partial charge in [0.1, 0.15) is 0 Å². The molecule has 3 fully saturated rings. The van der Waals surface area contributed by atoms with Gasteiger partial charge in [-0.1, -0.05) is 35.9 Å². The van der Waals surface area contributed by atoms with Crippen LogP contribution < -0.4 is 9.64 Å². The third kappa shape index (κ3) is 3.95. The van der Waals surface area contributed by atoms with Gasteiger partial charge in [-0.2, -0.15) is 0 Å². The molecular formula is C32H32N2O8. The number of nitrogens with zero attached hydrogens (tertiary/aromatic N) is 2. The molecule has 2 heterocycles. The fourth-order valence-electron chi connectivity index (χ4n) is 7.69. The Morgan fingerprint density at radius 1 is 1.02 bits per heavy atom. The van der Waals surface area contributed by atoms with Gasteiger partial charge in [-0.3, -0.25) is 28.9 Å². The highest BCUT2D eigenvalue weighted by atomic mass is 16.5. The average molecular weight is 573 g/mol. The van der Waals surface area contributed by atoms with Crippen molar-refractivity contribution < 1.29 is 38.9 Å². The van der Waals surface area contributed by atoms with Crippen LogP contribution in [0.5, 0.6) is 11.5 Å². The molecule has 0 unspecified atom stereocenters. The SMILES string of the molecule is CCOc1cc([C@H]2C3=CC[C@@H]4C(=O)N(CCC(=O)O)C(=O)[C@@H]4[C@@H]3C[C@H]3C(=O)N(c4ccccc4)C(=O)[C@@]23C)ccc1O. The summed E-state index contributed by atoms with van der Waals surface area (Å²) in [6.45, 7) is 3.68. The Labute approximate surface area is 242 Å². The molecule has 0 radical (unpaired) electrons. The highest BCUT2D eigenvalue weighted by Gasteiger charge is 2.67. The molecule has 1 saturated carbocycles. The number of carboxylic acid groups (broad SMARTS) is 1. The van der Waals surface area contributed by atoms with E-state index in [4.69, 9.17) is 4.74 Å². The molecule has 4 aliphatic rings. The lowest BCUT2D eigenvalue weighted by molar-refractivity contribution is -0.142. The minimum Gasteiger partial charge on any atom is -0.504 e. The summed E-state index contributed by atoms with van der Waals surface area (Å²) in [5.41, 5.74) is 0.718. The number of imide groups is 2. The van der Waals surface area contributed by atoms with Gasteiger partial charge in [-0.05, 0) is 62.4 Å². The van der Waals surface area contributed by atoms with E-state index in [1.54, 1.807) is 56.3 Å². The zero-order valence-corrected chi connectivity index (χ0v) is 23.4. The number of carbonyl (C=O) groups is 5. The number of rotatable bonds is 7. The number of fused-ring (bicyclic) bond motifs is 4. The monoisotopic (exact) mass is 572 g/mol. The lowest BCUT2D eigenvalue weighted by Crippen LogP contribution is -2.48. The second kappa shape index (κ2) is 10.1. The molecule has 0 aromatic heterocycles. The van der Waals surface area contributed by atoms with Gasteiger partial charge >= 0.3 is 5.97 Å². The molecule has 2 aliphatic carbocycles. The summed E-state index contributed by atoms with van der Waals surface area (Å²) in [6.07, 6.45) is 2.05. The molecule has 6 rings (SSSR count). The second-order valence-corrected chi connectivity index (χ2v) is 11.6. The van der Waals surface area contributed by atoms with E-state index in [0.29, 0.717) is 17.9 Å². The van der Waals surface area contributed by atoms with Crippen LogP contribution in [0.3, 0.4) is 0 Å². The first-order valence-corrected chi connectivity index (χ1v) is 14.3. The molecule has 42 heavy (non-hydrogen) atoms. The molecule has 2 aromatic rings. The first-order valence-electron chi connectivity index (χ1n) is 14.3. The van der Waals surface area contributed by atoms with Crippen molar-refractivity contribution in [3.8, 4) is 11.5 Å². The number of para-hydroxylation sites is 1. The van der Waals surface area contributed by atoms with Crippen LogP contribution >= 0.6 is 0 Å². The standard InChI is InChI=1S/C32H32N2O8/c1-3-42-24-15-17(9-12-23(24)35)27-19-10-11-20-26(30(40)33(28(20)38)14-13-25(36)37)21(19)16-22-29(39)34(31(41)32(22,27)2)18-7-5-4-6-8-18/h4-10,12,15,20-22,26-27,35H,3,11,13-14,16H2,1-2H3,(H,36,37)/t20-,21+,22-,26-,27-,32+/m0/s1. The number of amides is 4. The Bertz CT molecular complexity index is 1530. The normalized spacial score (nSPS) is 30.1. The van der Waals surface area contributed by atoms with Crippen LogP contribution in [-0.2, 0) is 24.0 Å². The van der Waals surface area contributed by atoms with Crippen LogP contribution in [0.15, 0.2) is 60.2 Å². The van der Waals surface area contributed by atoms with Crippen molar-refractivity contribution >= 4 is 35.3 Å². The molecule has 2 saturated heterocycles. The van der Waals surface area contributed by atoms with Crippen molar-refractivity contribution in [1.82, 2.24) is 4.90 Å². The van der Waals surface area contributed by atoms with E-state index in [1.165, 1.54) is 11.0 Å². The maximum absolute atomic E-state index is 14.4.